The largest absolute Gasteiger partial charge is 0.451 e. The molecule has 0 unspecified atom stereocenters. The Morgan fingerprint density at radius 2 is 0.930 bits per heavy atom. The summed E-state index contributed by atoms with van der Waals surface area (Å²) in [7, 11) is 0. The number of benzene rings is 4. The SMILES string of the molecule is Nc1ccc(F)cc1Oc1ccc(C23CC4CC(CC(C4)C2)C3)c(Oc2cc(F)ccc2N)c1Oc1cc(F)ccc1N. The average molecular weight is 588 g/mol. The fourth-order valence-corrected chi connectivity index (χ4v) is 7.81. The van der Waals surface area contributed by atoms with Gasteiger partial charge >= 0.3 is 0 Å². The van der Waals surface area contributed by atoms with E-state index in [9.17, 15) is 13.2 Å². The van der Waals surface area contributed by atoms with E-state index >= 15 is 0 Å². The summed E-state index contributed by atoms with van der Waals surface area (Å²) in [4.78, 5) is 0. The lowest BCUT2D eigenvalue weighted by molar-refractivity contribution is -0.00610. The Balaban J connectivity index is 1.45. The van der Waals surface area contributed by atoms with Gasteiger partial charge in [-0.05, 0) is 104 Å². The van der Waals surface area contributed by atoms with Crippen LogP contribution in [0.3, 0.4) is 0 Å². The van der Waals surface area contributed by atoms with E-state index in [4.69, 9.17) is 31.4 Å². The van der Waals surface area contributed by atoms with Crippen LogP contribution in [-0.2, 0) is 5.41 Å². The molecule has 6 nitrogen and oxygen atoms in total. The molecule has 4 aliphatic carbocycles. The highest BCUT2D eigenvalue weighted by Gasteiger charge is 2.53. The van der Waals surface area contributed by atoms with Crippen molar-refractivity contribution < 1.29 is 27.4 Å². The van der Waals surface area contributed by atoms with Crippen molar-refractivity contribution in [2.75, 3.05) is 17.2 Å². The molecular formula is C34H32F3N3O3. The fourth-order valence-electron chi connectivity index (χ4n) is 7.81. The summed E-state index contributed by atoms with van der Waals surface area (Å²) < 4.78 is 62.1. The molecule has 4 fully saturated rings. The Hall–Kier alpha value is -4.53. The van der Waals surface area contributed by atoms with Crippen LogP contribution in [0, 0.1) is 35.2 Å². The number of nitrogens with two attached hydrogens (primary N) is 3. The Labute approximate surface area is 247 Å². The van der Waals surface area contributed by atoms with Gasteiger partial charge in [0.25, 0.3) is 0 Å². The molecular weight excluding hydrogens is 555 g/mol. The molecule has 9 heteroatoms. The van der Waals surface area contributed by atoms with Crippen LogP contribution in [0.25, 0.3) is 0 Å². The molecule has 0 aliphatic heterocycles. The number of nitrogen functional groups attached to an aromatic ring is 3. The first-order valence-corrected chi connectivity index (χ1v) is 14.5. The van der Waals surface area contributed by atoms with Crippen LogP contribution in [0.4, 0.5) is 30.2 Å². The van der Waals surface area contributed by atoms with Crippen molar-refractivity contribution in [2.24, 2.45) is 17.8 Å². The van der Waals surface area contributed by atoms with E-state index in [1.165, 1.54) is 61.7 Å². The highest BCUT2D eigenvalue weighted by Crippen LogP contribution is 2.64. The van der Waals surface area contributed by atoms with Gasteiger partial charge in [-0.1, -0.05) is 6.07 Å². The van der Waals surface area contributed by atoms with E-state index in [0.29, 0.717) is 17.8 Å². The highest BCUT2D eigenvalue weighted by atomic mass is 19.1. The van der Waals surface area contributed by atoms with E-state index in [1.807, 2.05) is 6.07 Å². The molecule has 0 amide bonds. The summed E-state index contributed by atoms with van der Waals surface area (Å²) in [5.74, 6) is 0.784. The second kappa shape index (κ2) is 10.3. The molecule has 0 heterocycles. The maximum atomic E-state index is 14.5. The first-order valence-electron chi connectivity index (χ1n) is 14.5. The van der Waals surface area contributed by atoms with Crippen LogP contribution in [0.2, 0.25) is 0 Å². The Kier molecular flexibility index (Phi) is 6.56. The van der Waals surface area contributed by atoms with Crippen molar-refractivity contribution in [2.45, 2.75) is 43.9 Å². The van der Waals surface area contributed by atoms with Gasteiger partial charge < -0.3 is 31.4 Å². The summed E-state index contributed by atoms with van der Waals surface area (Å²) in [6.45, 7) is 0. The smallest absolute Gasteiger partial charge is 0.212 e. The number of ether oxygens (including phenoxy) is 3. The van der Waals surface area contributed by atoms with Crippen molar-refractivity contribution in [3.8, 4) is 34.5 Å². The molecule has 4 bridgehead atoms. The van der Waals surface area contributed by atoms with Gasteiger partial charge in [0.2, 0.25) is 5.75 Å². The fraction of sp³-hybridized carbons (Fsp3) is 0.294. The van der Waals surface area contributed by atoms with E-state index in [0.717, 1.165) is 37.0 Å². The predicted octanol–water partition coefficient (Wildman–Crippen LogP) is 8.70. The average Bonchev–Trinajstić information content (AvgIpc) is 2.95. The predicted molar refractivity (Wildman–Crippen MR) is 159 cm³/mol. The zero-order valence-electron chi connectivity index (χ0n) is 23.4. The molecule has 4 aliphatic rings. The van der Waals surface area contributed by atoms with E-state index in [1.54, 1.807) is 6.07 Å². The maximum Gasteiger partial charge on any atom is 0.212 e. The first-order chi connectivity index (χ1) is 20.7. The standard InChI is InChI=1S/C34H32F3N3O3/c35-21-1-5-25(38)29(12-21)41-28-8-4-24(34-15-18-9-19(16-34)11-20(10-18)17-34)32(42-30-13-22(36)2-6-26(30)39)33(28)43-31-14-23(37)3-7-27(31)40/h1-8,12-14,18-20H,9-11,15-17,38-40H2. The molecule has 6 N–H and O–H groups in total. The molecule has 0 atom stereocenters. The summed E-state index contributed by atoms with van der Waals surface area (Å²) in [5.41, 5.74) is 19.8. The Bertz CT molecular complexity index is 1690. The van der Waals surface area contributed by atoms with E-state index < -0.39 is 17.5 Å². The second-order valence-electron chi connectivity index (χ2n) is 12.3. The molecule has 4 aromatic carbocycles. The number of hydrogen-bond acceptors (Lipinski definition) is 6. The van der Waals surface area contributed by atoms with Crippen LogP contribution >= 0.6 is 0 Å². The molecule has 0 aromatic heterocycles. The molecule has 0 radical (unpaired) electrons. The maximum absolute atomic E-state index is 14.5. The Morgan fingerprint density at radius 1 is 0.512 bits per heavy atom. The van der Waals surface area contributed by atoms with Gasteiger partial charge in [0, 0.05) is 23.8 Å². The van der Waals surface area contributed by atoms with E-state index in [-0.39, 0.29) is 57.0 Å². The minimum absolute atomic E-state index is 0.0248. The molecule has 43 heavy (non-hydrogen) atoms. The number of halogens is 3. The number of anilines is 3. The number of hydrogen-bond donors (Lipinski definition) is 3. The summed E-state index contributed by atoms with van der Waals surface area (Å²) in [6.07, 6.45) is 6.59. The van der Waals surface area contributed by atoms with Crippen molar-refractivity contribution >= 4 is 17.1 Å². The van der Waals surface area contributed by atoms with Gasteiger partial charge in [0.15, 0.2) is 28.7 Å². The van der Waals surface area contributed by atoms with E-state index in [2.05, 4.69) is 0 Å². The van der Waals surface area contributed by atoms with Gasteiger partial charge in [-0.15, -0.1) is 0 Å². The third-order valence-corrected chi connectivity index (χ3v) is 9.26. The summed E-state index contributed by atoms with van der Waals surface area (Å²) >= 11 is 0. The monoisotopic (exact) mass is 587 g/mol. The van der Waals surface area contributed by atoms with Crippen molar-refractivity contribution in [1.82, 2.24) is 0 Å². The van der Waals surface area contributed by atoms with Crippen molar-refractivity contribution in [1.29, 1.82) is 0 Å². The van der Waals surface area contributed by atoms with Crippen LogP contribution in [-0.4, -0.2) is 0 Å². The summed E-state index contributed by atoms with van der Waals surface area (Å²) in [6, 6.07) is 15.1. The molecule has 0 spiro atoms. The van der Waals surface area contributed by atoms with Gasteiger partial charge in [0.05, 0.1) is 17.1 Å². The molecule has 222 valence electrons. The zero-order chi connectivity index (χ0) is 29.9. The van der Waals surface area contributed by atoms with Crippen molar-refractivity contribution in [3.05, 3.63) is 89.7 Å². The molecule has 0 saturated heterocycles. The van der Waals surface area contributed by atoms with Crippen LogP contribution in [0.15, 0.2) is 66.7 Å². The summed E-state index contributed by atoms with van der Waals surface area (Å²) in [5, 5.41) is 0. The molecule has 8 rings (SSSR count). The number of rotatable bonds is 7. The van der Waals surface area contributed by atoms with Gasteiger partial charge in [-0.25, -0.2) is 13.2 Å². The van der Waals surface area contributed by atoms with Crippen LogP contribution in [0.1, 0.15) is 44.1 Å². The highest BCUT2D eigenvalue weighted by molar-refractivity contribution is 5.66. The first kappa shape index (κ1) is 27.3. The lowest BCUT2D eigenvalue weighted by Crippen LogP contribution is -2.48. The third kappa shape index (κ3) is 5.07. The topological polar surface area (TPSA) is 106 Å². The zero-order valence-corrected chi connectivity index (χ0v) is 23.4. The normalized spacial score (nSPS) is 23.7. The molecule has 4 saturated carbocycles. The van der Waals surface area contributed by atoms with Crippen molar-refractivity contribution in [3.63, 3.8) is 0 Å². The minimum Gasteiger partial charge on any atom is -0.451 e. The van der Waals surface area contributed by atoms with Crippen LogP contribution in [0.5, 0.6) is 34.5 Å². The quantitative estimate of drug-likeness (QED) is 0.187. The van der Waals surface area contributed by atoms with Gasteiger partial charge in [0.1, 0.15) is 17.5 Å². The third-order valence-electron chi connectivity index (χ3n) is 9.26. The minimum atomic E-state index is -0.560. The van der Waals surface area contributed by atoms with Gasteiger partial charge in [-0.3, -0.25) is 0 Å². The lowest BCUT2D eigenvalue weighted by atomic mass is 9.48. The van der Waals surface area contributed by atoms with Crippen LogP contribution < -0.4 is 31.4 Å². The Morgan fingerprint density at radius 3 is 1.40 bits per heavy atom. The van der Waals surface area contributed by atoms with Gasteiger partial charge in [-0.2, -0.15) is 0 Å². The molecule has 4 aromatic rings. The second-order valence-corrected chi connectivity index (χ2v) is 12.3. The lowest BCUT2D eigenvalue weighted by Gasteiger charge is -2.57.